The van der Waals surface area contributed by atoms with Crippen LogP contribution in [0.15, 0.2) is 29.3 Å². The summed E-state index contributed by atoms with van der Waals surface area (Å²) in [5.74, 6) is 0.778. The van der Waals surface area contributed by atoms with E-state index in [4.69, 9.17) is 4.98 Å². The standard InChI is InChI=1S/C22H25N5O3/c28-20-16-8-11-26(21(29)15-4-3-9-23-12-15)13-17(16)24-19(25-20)18-5-1-2-10-27(18)22(30)14-6-7-14/h3-4,9,12,14,18H,1-2,5-8,10-11,13H2,(H,24,25,28)/t18-/m0/s1. The van der Waals surface area contributed by atoms with Crippen molar-refractivity contribution in [3.8, 4) is 0 Å². The zero-order valence-corrected chi connectivity index (χ0v) is 16.8. The first-order chi connectivity index (χ1) is 14.6. The van der Waals surface area contributed by atoms with Gasteiger partial charge in [-0.1, -0.05) is 0 Å². The van der Waals surface area contributed by atoms with Crippen LogP contribution in [0.2, 0.25) is 0 Å². The number of hydrogen-bond acceptors (Lipinski definition) is 5. The molecule has 2 aromatic rings. The molecule has 2 aliphatic heterocycles. The average Bonchev–Trinajstić information content (AvgIpc) is 3.64. The summed E-state index contributed by atoms with van der Waals surface area (Å²) in [4.78, 5) is 53.7. The van der Waals surface area contributed by atoms with E-state index in [1.807, 2.05) is 4.90 Å². The van der Waals surface area contributed by atoms with Crippen molar-refractivity contribution in [1.82, 2.24) is 24.8 Å². The number of H-pyrrole nitrogens is 1. The van der Waals surface area contributed by atoms with Crippen LogP contribution in [0, 0.1) is 5.92 Å². The minimum Gasteiger partial charge on any atom is -0.332 e. The van der Waals surface area contributed by atoms with E-state index in [9.17, 15) is 14.4 Å². The molecule has 0 unspecified atom stereocenters. The molecule has 1 atom stereocenters. The van der Waals surface area contributed by atoms with Gasteiger partial charge in [0.1, 0.15) is 5.82 Å². The first-order valence-corrected chi connectivity index (χ1v) is 10.7. The summed E-state index contributed by atoms with van der Waals surface area (Å²) in [6.07, 6.45) is 8.37. The molecule has 2 fully saturated rings. The van der Waals surface area contributed by atoms with Crippen molar-refractivity contribution >= 4 is 11.8 Å². The molecule has 1 N–H and O–H groups in total. The Hall–Kier alpha value is -3.03. The number of aromatic amines is 1. The fourth-order valence-electron chi connectivity index (χ4n) is 4.51. The van der Waals surface area contributed by atoms with Crippen molar-refractivity contribution in [3.05, 3.63) is 57.5 Å². The topological polar surface area (TPSA) is 99.3 Å². The van der Waals surface area contributed by atoms with Crippen LogP contribution in [0.4, 0.5) is 0 Å². The number of aromatic nitrogens is 3. The monoisotopic (exact) mass is 407 g/mol. The number of piperidine rings is 1. The molecule has 2 aromatic heterocycles. The zero-order valence-electron chi connectivity index (χ0n) is 16.8. The Morgan fingerprint density at radius 3 is 2.77 bits per heavy atom. The number of amides is 2. The number of rotatable bonds is 3. The highest BCUT2D eigenvalue weighted by molar-refractivity contribution is 5.94. The summed E-state index contributed by atoms with van der Waals surface area (Å²) in [6.45, 7) is 1.48. The SMILES string of the molecule is O=C(c1cccnc1)N1CCc2c(nc([C@@H]3CCCCN3C(=O)C3CC3)[nH]c2=O)C1. The first-order valence-electron chi connectivity index (χ1n) is 10.7. The second-order valence-electron chi connectivity index (χ2n) is 8.41. The summed E-state index contributed by atoms with van der Waals surface area (Å²) in [7, 11) is 0. The molecule has 2 amide bonds. The molecule has 8 heteroatoms. The van der Waals surface area contributed by atoms with Gasteiger partial charge in [-0.25, -0.2) is 4.98 Å². The second kappa shape index (κ2) is 7.66. The Morgan fingerprint density at radius 1 is 1.13 bits per heavy atom. The molecule has 30 heavy (non-hydrogen) atoms. The van der Waals surface area contributed by atoms with Gasteiger partial charge in [-0.15, -0.1) is 0 Å². The third kappa shape index (κ3) is 3.51. The summed E-state index contributed by atoms with van der Waals surface area (Å²) < 4.78 is 0. The molecule has 1 saturated heterocycles. The predicted octanol–water partition coefficient (Wildman–Crippen LogP) is 1.83. The van der Waals surface area contributed by atoms with Gasteiger partial charge in [0.25, 0.3) is 11.5 Å². The van der Waals surface area contributed by atoms with E-state index < -0.39 is 0 Å². The van der Waals surface area contributed by atoms with Crippen LogP contribution in [0.5, 0.6) is 0 Å². The normalized spacial score (nSPS) is 21.3. The Morgan fingerprint density at radius 2 is 2.00 bits per heavy atom. The molecule has 4 heterocycles. The molecule has 0 radical (unpaired) electrons. The largest absolute Gasteiger partial charge is 0.332 e. The molecule has 0 bridgehead atoms. The number of nitrogens with zero attached hydrogens (tertiary/aromatic N) is 4. The lowest BCUT2D eigenvalue weighted by atomic mass is 9.99. The summed E-state index contributed by atoms with van der Waals surface area (Å²) in [5, 5.41) is 0. The van der Waals surface area contributed by atoms with Gasteiger partial charge in [0.15, 0.2) is 0 Å². The van der Waals surface area contributed by atoms with Crippen LogP contribution in [0.25, 0.3) is 0 Å². The third-order valence-corrected chi connectivity index (χ3v) is 6.32. The Bertz CT molecular complexity index is 1030. The summed E-state index contributed by atoms with van der Waals surface area (Å²) in [6, 6.07) is 3.29. The van der Waals surface area contributed by atoms with Crippen LogP contribution in [-0.4, -0.2) is 49.7 Å². The highest BCUT2D eigenvalue weighted by atomic mass is 16.2. The maximum absolute atomic E-state index is 12.8. The van der Waals surface area contributed by atoms with Crippen molar-refractivity contribution < 1.29 is 9.59 Å². The minimum atomic E-state index is -0.186. The molecular weight excluding hydrogens is 382 g/mol. The number of carbonyl (C=O) groups excluding carboxylic acids is 2. The van der Waals surface area contributed by atoms with Gasteiger partial charge in [-0.2, -0.15) is 0 Å². The Balaban J connectivity index is 1.43. The molecule has 156 valence electrons. The highest BCUT2D eigenvalue weighted by Crippen LogP contribution is 2.37. The van der Waals surface area contributed by atoms with Crippen molar-refractivity contribution in [3.63, 3.8) is 0 Å². The van der Waals surface area contributed by atoms with Crippen LogP contribution < -0.4 is 5.56 Å². The lowest BCUT2D eigenvalue weighted by Gasteiger charge is -2.36. The molecule has 3 aliphatic rings. The van der Waals surface area contributed by atoms with E-state index in [-0.39, 0.29) is 29.3 Å². The van der Waals surface area contributed by atoms with Gasteiger partial charge in [0, 0.05) is 37.0 Å². The highest BCUT2D eigenvalue weighted by Gasteiger charge is 2.39. The average molecular weight is 407 g/mol. The van der Waals surface area contributed by atoms with Crippen LogP contribution in [0.1, 0.15) is 65.6 Å². The van der Waals surface area contributed by atoms with Gasteiger partial charge >= 0.3 is 0 Å². The van der Waals surface area contributed by atoms with E-state index in [0.717, 1.165) is 32.1 Å². The summed E-state index contributed by atoms with van der Waals surface area (Å²) in [5.41, 5.74) is 1.67. The fourth-order valence-corrected chi connectivity index (χ4v) is 4.51. The van der Waals surface area contributed by atoms with Crippen molar-refractivity contribution in [2.75, 3.05) is 13.1 Å². The lowest BCUT2D eigenvalue weighted by molar-refractivity contribution is -0.136. The number of fused-ring (bicyclic) bond motifs is 1. The maximum atomic E-state index is 12.8. The van der Waals surface area contributed by atoms with E-state index in [0.29, 0.717) is 48.7 Å². The van der Waals surface area contributed by atoms with Gasteiger partial charge < -0.3 is 14.8 Å². The van der Waals surface area contributed by atoms with Gasteiger partial charge in [0.05, 0.1) is 23.8 Å². The molecule has 5 rings (SSSR count). The number of nitrogens with one attached hydrogen (secondary N) is 1. The van der Waals surface area contributed by atoms with Gasteiger partial charge in [0.2, 0.25) is 5.91 Å². The number of likely N-dealkylation sites (tertiary alicyclic amines) is 1. The Labute approximate surface area is 174 Å². The van der Waals surface area contributed by atoms with E-state index >= 15 is 0 Å². The van der Waals surface area contributed by atoms with Gasteiger partial charge in [-0.3, -0.25) is 19.4 Å². The molecular formula is C22H25N5O3. The van der Waals surface area contributed by atoms with Crippen LogP contribution in [0.3, 0.4) is 0 Å². The van der Waals surface area contributed by atoms with E-state index in [2.05, 4.69) is 9.97 Å². The zero-order chi connectivity index (χ0) is 20.7. The molecule has 0 aromatic carbocycles. The number of carbonyl (C=O) groups is 2. The minimum absolute atomic E-state index is 0.111. The number of pyridine rings is 1. The quantitative estimate of drug-likeness (QED) is 0.837. The van der Waals surface area contributed by atoms with Crippen molar-refractivity contribution in [1.29, 1.82) is 0 Å². The summed E-state index contributed by atoms with van der Waals surface area (Å²) >= 11 is 0. The van der Waals surface area contributed by atoms with Crippen LogP contribution >= 0.6 is 0 Å². The smallest absolute Gasteiger partial charge is 0.255 e. The van der Waals surface area contributed by atoms with E-state index in [1.54, 1.807) is 29.4 Å². The van der Waals surface area contributed by atoms with Crippen molar-refractivity contribution in [2.24, 2.45) is 5.92 Å². The molecule has 1 aliphatic carbocycles. The Kier molecular flexibility index (Phi) is 4.84. The van der Waals surface area contributed by atoms with E-state index in [1.165, 1.54) is 0 Å². The second-order valence-corrected chi connectivity index (χ2v) is 8.41. The molecule has 0 spiro atoms. The number of hydrogen-bond donors (Lipinski definition) is 1. The first kappa shape index (κ1) is 19.0. The molecule has 1 saturated carbocycles. The molecule has 8 nitrogen and oxygen atoms in total. The maximum Gasteiger partial charge on any atom is 0.255 e. The predicted molar refractivity (Wildman–Crippen MR) is 109 cm³/mol. The van der Waals surface area contributed by atoms with Crippen LogP contribution in [-0.2, 0) is 17.8 Å². The fraction of sp³-hybridized carbons (Fsp3) is 0.500. The third-order valence-electron chi connectivity index (χ3n) is 6.32. The van der Waals surface area contributed by atoms with Crippen molar-refractivity contribution in [2.45, 2.75) is 51.1 Å². The lowest BCUT2D eigenvalue weighted by Crippen LogP contribution is -2.43. The van der Waals surface area contributed by atoms with Gasteiger partial charge in [-0.05, 0) is 50.7 Å².